The molecule has 52 heavy (non-hydrogen) atoms. The van der Waals surface area contributed by atoms with E-state index in [0.717, 1.165) is 28.9 Å². The van der Waals surface area contributed by atoms with Crippen molar-refractivity contribution in [2.75, 3.05) is 23.9 Å². The smallest absolute Gasteiger partial charge is 0.204 e. The van der Waals surface area contributed by atoms with Gasteiger partial charge in [-0.25, -0.2) is 0 Å². The summed E-state index contributed by atoms with van der Waals surface area (Å²) >= 11 is 0. The van der Waals surface area contributed by atoms with Crippen molar-refractivity contribution in [1.82, 2.24) is 0 Å². The minimum absolute atomic E-state index is 0. The van der Waals surface area contributed by atoms with Gasteiger partial charge in [0, 0.05) is 121 Å². The number of allylic oxidation sites excluding steroid dienone is 2. The largest absolute Gasteiger partial charge is 0.362 e. The number of fused-ring (bicyclic) bond motifs is 6. The molecule has 1 aliphatic carbocycles. The zero-order valence-corrected chi connectivity index (χ0v) is 36.1. The van der Waals surface area contributed by atoms with Gasteiger partial charge in [0.25, 0.3) is 0 Å². The first-order chi connectivity index (χ1) is 24.0. The first kappa shape index (κ1) is 37.8. The van der Waals surface area contributed by atoms with Crippen molar-refractivity contribution in [1.29, 1.82) is 0 Å². The number of aliphatic imine (C=N–C) groups is 2. The average molecular weight is 944 g/mol. The molecule has 257 valence electrons. The fourth-order valence-electron chi connectivity index (χ4n) is 8.58. The Morgan fingerprint density at radius 1 is 0.750 bits per heavy atom. The Bertz CT molecular complexity index is 2340. The predicted octanol–water partition coefficient (Wildman–Crippen LogP) is 9.60. The van der Waals surface area contributed by atoms with Gasteiger partial charge in [0.15, 0.2) is 0 Å². The van der Waals surface area contributed by atoms with Crippen molar-refractivity contribution in [3.8, 4) is 0 Å². The van der Waals surface area contributed by atoms with Crippen LogP contribution < -0.4 is 9.80 Å². The van der Waals surface area contributed by atoms with Crippen molar-refractivity contribution in [3.63, 3.8) is 0 Å². The first-order valence-electron chi connectivity index (χ1n) is 17.4. The van der Waals surface area contributed by atoms with Gasteiger partial charge < -0.3 is 9.80 Å². The van der Waals surface area contributed by atoms with Crippen LogP contribution in [0.1, 0.15) is 55.5 Å². The molecule has 9 rings (SSSR count). The monoisotopic (exact) mass is 943 g/mol. The van der Waals surface area contributed by atoms with Crippen LogP contribution in [0.4, 0.5) is 17.1 Å². The summed E-state index contributed by atoms with van der Waals surface area (Å²) in [4.78, 5) is 26.6. The molecule has 3 heterocycles. The molecule has 0 amide bonds. The van der Waals surface area contributed by atoms with Crippen LogP contribution in [0.3, 0.4) is 0 Å². The van der Waals surface area contributed by atoms with Crippen molar-refractivity contribution in [3.05, 3.63) is 155 Å². The van der Waals surface area contributed by atoms with Gasteiger partial charge in [-0.3, -0.25) is 14.8 Å². The molecule has 0 N–H and O–H groups in total. The van der Waals surface area contributed by atoms with Crippen LogP contribution >= 0.6 is 0 Å². The molecule has 1 unspecified atom stereocenters. The van der Waals surface area contributed by atoms with Crippen molar-refractivity contribution < 1.29 is 54.5 Å². The van der Waals surface area contributed by atoms with Gasteiger partial charge in [-0.15, -0.1) is 0 Å². The van der Waals surface area contributed by atoms with E-state index < -0.39 is 0 Å². The second kappa shape index (κ2) is 14.1. The van der Waals surface area contributed by atoms with E-state index in [1.807, 2.05) is 42.6 Å². The first-order valence-corrected chi connectivity index (χ1v) is 17.4. The summed E-state index contributed by atoms with van der Waals surface area (Å²) in [5.41, 5.74) is 10.9. The number of ketones is 1. The second-order valence-electron chi connectivity index (χ2n) is 14.8. The molecule has 0 saturated carbocycles. The Kier molecular flexibility index (Phi) is 10.3. The summed E-state index contributed by atoms with van der Waals surface area (Å²) < 4.78 is 0. The zero-order valence-electron chi connectivity index (χ0n) is 30.6. The summed E-state index contributed by atoms with van der Waals surface area (Å²) in [6.45, 7) is 9.09. The van der Waals surface area contributed by atoms with Crippen molar-refractivity contribution >= 4 is 51.6 Å². The standard InChI is InChI=1S/C23H22N2.C22H20N2O.U.V/c1-22(2)19-10-6-7-11-20(19)25(3)23(22)14-17-13-12-16-8-4-5-9-18(16)21(17)24-15-23;1-22(2)17-10-6-7-11-18(17)24(3)20(22)14-23-21-16-9-5-4-8-15(16)12-13-19(21)25;;/h4-13,15H,14H2,1-3H3;4-14H,1-3H3;;. The molecule has 4 aliphatic rings. The number of likely N-dealkylation sites (N-methyl/N-ethyl adjacent to an activating group) is 2. The van der Waals surface area contributed by atoms with Gasteiger partial charge in [0.1, 0.15) is 5.71 Å². The summed E-state index contributed by atoms with van der Waals surface area (Å²) in [5.74, 6) is -0.0495. The number of hydrogen-bond donors (Lipinski definition) is 0. The quantitative estimate of drug-likeness (QED) is 0.168. The number of carbonyl (C=O) groups is 1. The molecule has 1 radical (unpaired) electrons. The molecule has 0 aromatic heterocycles. The van der Waals surface area contributed by atoms with E-state index in [0.29, 0.717) is 5.71 Å². The predicted molar refractivity (Wildman–Crippen MR) is 209 cm³/mol. The summed E-state index contributed by atoms with van der Waals surface area (Å²) in [6.07, 6.45) is 8.49. The van der Waals surface area contributed by atoms with Crippen molar-refractivity contribution in [2.24, 2.45) is 9.98 Å². The molecule has 1 atom stereocenters. The molecular weight excluding hydrogens is 901 g/mol. The molecule has 5 aromatic carbocycles. The average Bonchev–Trinajstić information content (AvgIpc) is 3.43. The third-order valence-corrected chi connectivity index (χ3v) is 11.6. The van der Waals surface area contributed by atoms with E-state index in [1.54, 1.807) is 6.08 Å². The molecule has 0 fully saturated rings. The third-order valence-electron chi connectivity index (χ3n) is 11.6. The van der Waals surface area contributed by atoms with E-state index in [-0.39, 0.29) is 71.8 Å². The van der Waals surface area contributed by atoms with E-state index >= 15 is 0 Å². The van der Waals surface area contributed by atoms with Crippen LogP contribution in [0.25, 0.3) is 16.8 Å². The SMILES string of the molecule is CN1C(=CN=C2C(=O)C=Cc3ccccc32)C(C)(C)c2ccccc21.CN1c2ccccc2C(C)(C)C12C=Nc1c(ccc3ccccc13)C2.[U].[V]. The van der Waals surface area contributed by atoms with Gasteiger partial charge in [0.2, 0.25) is 5.78 Å². The number of carbonyl (C=O) groups excluding carboxylic acids is 1. The maximum atomic E-state index is 12.4. The zero-order chi connectivity index (χ0) is 34.8. The number of nitrogens with zero attached hydrogens (tertiary/aromatic N) is 4. The van der Waals surface area contributed by atoms with E-state index in [9.17, 15) is 4.79 Å². The fraction of sp³-hybridized carbons (Fsp3) is 0.222. The Morgan fingerprint density at radius 2 is 1.40 bits per heavy atom. The summed E-state index contributed by atoms with van der Waals surface area (Å²) in [5, 5.41) is 2.51. The molecule has 7 heteroatoms. The van der Waals surface area contributed by atoms with Gasteiger partial charge in [-0.1, -0.05) is 131 Å². The number of rotatable bonds is 1. The number of para-hydroxylation sites is 2. The summed E-state index contributed by atoms with van der Waals surface area (Å²) in [6, 6.07) is 38.1. The maximum Gasteiger partial charge on any atom is 0.204 e. The Balaban J connectivity index is 0.000000172. The van der Waals surface area contributed by atoms with Gasteiger partial charge >= 0.3 is 0 Å². The van der Waals surface area contributed by atoms with Crippen LogP contribution in [0.2, 0.25) is 0 Å². The normalized spacial score (nSPS) is 21.2. The molecule has 1 spiro atoms. The molecule has 0 saturated heterocycles. The Morgan fingerprint density at radius 3 is 2.15 bits per heavy atom. The van der Waals surface area contributed by atoms with Crippen LogP contribution in [-0.2, 0) is 40.6 Å². The minimum atomic E-state index is -0.150. The molecule has 5 aromatic rings. The molecular formula is C45H42N4OUV. The van der Waals surface area contributed by atoms with E-state index in [2.05, 4.69) is 142 Å². The molecule has 3 aliphatic heterocycles. The van der Waals surface area contributed by atoms with Gasteiger partial charge in [-0.05, 0) is 45.8 Å². The molecule has 0 bridgehead atoms. The Hall–Kier alpha value is -3.91. The van der Waals surface area contributed by atoms with Gasteiger partial charge in [0.05, 0.1) is 11.2 Å². The molecule has 5 nitrogen and oxygen atoms in total. The number of benzene rings is 5. The third kappa shape index (κ3) is 5.80. The Labute approximate surface area is 342 Å². The second-order valence-corrected chi connectivity index (χ2v) is 14.8. The number of hydrogen-bond acceptors (Lipinski definition) is 5. The van der Waals surface area contributed by atoms with Crippen LogP contribution in [0.5, 0.6) is 0 Å². The fourth-order valence-corrected chi connectivity index (χ4v) is 8.58. The van der Waals surface area contributed by atoms with E-state index in [1.165, 1.54) is 38.8 Å². The van der Waals surface area contributed by atoms with Crippen LogP contribution in [0, 0.1) is 31.1 Å². The topological polar surface area (TPSA) is 48.3 Å². The van der Waals surface area contributed by atoms with Crippen LogP contribution in [-0.4, -0.2) is 37.3 Å². The minimum Gasteiger partial charge on any atom is -0.362 e. The van der Waals surface area contributed by atoms with Crippen LogP contribution in [0.15, 0.2) is 137 Å². The number of anilines is 2. The summed E-state index contributed by atoms with van der Waals surface area (Å²) in [7, 11) is 4.27. The van der Waals surface area contributed by atoms with Gasteiger partial charge in [-0.2, -0.15) is 0 Å². The van der Waals surface area contributed by atoms with E-state index in [4.69, 9.17) is 4.99 Å². The maximum absolute atomic E-state index is 12.4. The van der Waals surface area contributed by atoms with Crippen molar-refractivity contribution in [2.45, 2.75) is 50.5 Å².